The predicted octanol–water partition coefficient (Wildman–Crippen LogP) is 5.01. The minimum Gasteiger partial charge on any atom is -0.494 e. The minimum absolute atomic E-state index is 0.0185. The fourth-order valence-corrected chi connectivity index (χ4v) is 8.43. The normalized spacial score (nSPS) is 20.9. The molecular weight excluding hydrogens is 739 g/mol. The van der Waals surface area contributed by atoms with Gasteiger partial charge in [0.25, 0.3) is 5.91 Å². The number of ether oxygens (including phenoxy) is 1. The summed E-state index contributed by atoms with van der Waals surface area (Å²) >= 11 is 0. The second-order valence-electron chi connectivity index (χ2n) is 16.5. The molecule has 1 aromatic carbocycles. The van der Waals surface area contributed by atoms with Gasteiger partial charge in [0.15, 0.2) is 5.78 Å². The van der Waals surface area contributed by atoms with Crippen LogP contribution in [0.3, 0.4) is 0 Å². The van der Waals surface area contributed by atoms with Gasteiger partial charge < -0.3 is 30.9 Å². The molecule has 2 saturated carbocycles. The zero-order chi connectivity index (χ0) is 42.2. The lowest BCUT2D eigenvalue weighted by Crippen LogP contribution is -2.53. The number of carbonyl (C=O) groups is 7. The Hall–Kier alpha value is -4.81. The van der Waals surface area contributed by atoms with Crippen LogP contribution < -0.4 is 21.3 Å². The van der Waals surface area contributed by atoms with Crippen molar-refractivity contribution in [3.8, 4) is 0 Å². The molecule has 1 aromatic rings. The molecule has 318 valence electrons. The number of rotatable bonds is 21. The number of benzene rings is 1. The molecular formula is C45H65N5O8. The van der Waals surface area contributed by atoms with Gasteiger partial charge in [-0.2, -0.15) is 0 Å². The average Bonchev–Trinajstić information content (AvgIpc) is 3.63. The first-order valence-corrected chi connectivity index (χ1v) is 21.4. The van der Waals surface area contributed by atoms with Crippen LogP contribution >= 0.6 is 0 Å². The summed E-state index contributed by atoms with van der Waals surface area (Å²) in [7, 11) is 3.14. The molecule has 13 heteroatoms. The lowest BCUT2D eigenvalue weighted by molar-refractivity contribution is -0.142. The van der Waals surface area contributed by atoms with E-state index in [1.807, 2.05) is 19.9 Å². The van der Waals surface area contributed by atoms with Gasteiger partial charge in [-0.15, -0.1) is 0 Å². The van der Waals surface area contributed by atoms with Crippen LogP contribution in [0.25, 0.3) is 0 Å². The van der Waals surface area contributed by atoms with Gasteiger partial charge in [0.05, 0.1) is 25.2 Å². The Labute approximate surface area is 343 Å². The summed E-state index contributed by atoms with van der Waals surface area (Å²) in [4.78, 5) is 95.6. The van der Waals surface area contributed by atoms with E-state index in [0.29, 0.717) is 37.9 Å². The third-order valence-corrected chi connectivity index (χ3v) is 11.5. The van der Waals surface area contributed by atoms with Gasteiger partial charge in [-0.05, 0) is 87.3 Å². The van der Waals surface area contributed by atoms with E-state index < -0.39 is 60.0 Å². The molecule has 0 aliphatic heterocycles. The molecule has 3 aliphatic rings. The van der Waals surface area contributed by atoms with E-state index in [2.05, 4.69) is 34.3 Å². The maximum atomic E-state index is 14.5. The zero-order valence-corrected chi connectivity index (χ0v) is 35.1. The minimum atomic E-state index is -1.16. The van der Waals surface area contributed by atoms with E-state index in [0.717, 1.165) is 62.7 Å². The van der Waals surface area contributed by atoms with E-state index in [4.69, 9.17) is 4.74 Å². The molecule has 0 aromatic heterocycles. The van der Waals surface area contributed by atoms with Gasteiger partial charge in [-0.3, -0.25) is 33.6 Å². The smallest absolute Gasteiger partial charge is 0.290 e. The van der Waals surface area contributed by atoms with Gasteiger partial charge in [0.1, 0.15) is 11.8 Å². The van der Waals surface area contributed by atoms with E-state index >= 15 is 0 Å². The molecule has 0 heterocycles. The Morgan fingerprint density at radius 2 is 1.57 bits per heavy atom. The molecule has 0 spiro atoms. The summed E-state index contributed by atoms with van der Waals surface area (Å²) in [6.45, 7) is 5.96. The van der Waals surface area contributed by atoms with Gasteiger partial charge in [0, 0.05) is 32.4 Å². The van der Waals surface area contributed by atoms with Crippen molar-refractivity contribution >= 4 is 41.1 Å². The quantitative estimate of drug-likeness (QED) is 0.125. The van der Waals surface area contributed by atoms with Crippen molar-refractivity contribution in [1.29, 1.82) is 0 Å². The predicted molar refractivity (Wildman–Crippen MR) is 221 cm³/mol. The van der Waals surface area contributed by atoms with Gasteiger partial charge in [-0.1, -0.05) is 82.4 Å². The second-order valence-corrected chi connectivity index (χ2v) is 16.5. The molecule has 4 rings (SSSR count). The summed E-state index contributed by atoms with van der Waals surface area (Å²) in [5.74, 6) is -4.26. The van der Waals surface area contributed by atoms with Crippen LogP contribution in [0.15, 0.2) is 53.8 Å². The van der Waals surface area contributed by atoms with Crippen LogP contribution in [0.1, 0.15) is 122 Å². The lowest BCUT2D eigenvalue weighted by Gasteiger charge is -2.33. The molecule has 3 unspecified atom stereocenters. The number of amides is 5. The average molecular weight is 804 g/mol. The third kappa shape index (κ3) is 13.4. The second kappa shape index (κ2) is 23.0. The molecule has 58 heavy (non-hydrogen) atoms. The van der Waals surface area contributed by atoms with Crippen LogP contribution in [0.5, 0.6) is 0 Å². The Balaban J connectivity index is 1.39. The zero-order valence-electron chi connectivity index (χ0n) is 35.1. The largest absolute Gasteiger partial charge is 0.494 e. The number of nitrogens with zero attached hydrogens (tertiary/aromatic N) is 1. The van der Waals surface area contributed by atoms with Crippen molar-refractivity contribution in [2.24, 2.45) is 23.7 Å². The highest BCUT2D eigenvalue weighted by molar-refractivity contribution is 6.38. The molecule has 6 atom stereocenters. The molecule has 13 nitrogen and oxygen atoms in total. The summed E-state index contributed by atoms with van der Waals surface area (Å²) < 4.78 is 5.80. The summed E-state index contributed by atoms with van der Waals surface area (Å²) in [5.41, 5.74) is 1.71. The Morgan fingerprint density at radius 1 is 0.862 bits per heavy atom. The van der Waals surface area contributed by atoms with Gasteiger partial charge >= 0.3 is 0 Å². The fourth-order valence-electron chi connectivity index (χ4n) is 8.43. The molecule has 0 saturated heterocycles. The lowest BCUT2D eigenvalue weighted by atomic mass is 9.77. The van der Waals surface area contributed by atoms with Gasteiger partial charge in [0.2, 0.25) is 29.4 Å². The van der Waals surface area contributed by atoms with Crippen LogP contribution in [-0.2, 0) is 38.3 Å². The topological polar surface area (TPSA) is 180 Å². The number of hydrogen-bond donors (Lipinski definition) is 4. The summed E-state index contributed by atoms with van der Waals surface area (Å²) in [6.07, 6.45) is 13.8. The highest BCUT2D eigenvalue weighted by atomic mass is 16.5. The summed E-state index contributed by atoms with van der Waals surface area (Å²) in [5, 5.41) is 10.9. The van der Waals surface area contributed by atoms with Crippen LogP contribution in [0.4, 0.5) is 0 Å². The highest BCUT2D eigenvalue weighted by Gasteiger charge is 2.46. The number of nitrogens with one attached hydrogen (secondary N) is 4. The van der Waals surface area contributed by atoms with Crippen LogP contribution in [0, 0.1) is 23.7 Å². The van der Waals surface area contributed by atoms with Crippen molar-refractivity contribution in [3.63, 3.8) is 0 Å². The van der Waals surface area contributed by atoms with Crippen molar-refractivity contribution in [2.45, 2.75) is 129 Å². The maximum Gasteiger partial charge on any atom is 0.290 e. The first-order valence-electron chi connectivity index (χ1n) is 21.4. The molecule has 0 bridgehead atoms. The molecule has 3 aliphatic carbocycles. The molecule has 0 radical (unpaired) electrons. The standard InChI is InChI=1S/C45H65N5O8/c1-6-15-36(42(54)44(56)46-28-38(52)49-40(45(57)50(4)5)32-19-12-9-13-20-32)47-43(55)35-26-29(3)25-34(35)41(53)39(31-17-10-8-11-18-31)48-37(51)23-22-30-16-14-21-33(27-30)58-24-7-2/h9,12-13,19-21,27,29,31,34-36,39-40H,6-8,10-11,14-18,22-26,28H2,1-5H3,(H,46,56)(H,47,55)(H,48,51)(H,49,52)/t29-,34?,35+,36?,39?,40-/m0/s1. The Morgan fingerprint density at radius 3 is 2.24 bits per heavy atom. The van der Waals surface area contributed by atoms with Crippen molar-refractivity contribution in [1.82, 2.24) is 26.2 Å². The van der Waals surface area contributed by atoms with Crippen LogP contribution in [-0.4, -0.2) is 85.3 Å². The van der Waals surface area contributed by atoms with Crippen molar-refractivity contribution in [3.05, 3.63) is 59.4 Å². The van der Waals surface area contributed by atoms with Crippen molar-refractivity contribution < 1.29 is 38.3 Å². The third-order valence-electron chi connectivity index (χ3n) is 11.5. The maximum absolute atomic E-state index is 14.5. The van der Waals surface area contributed by atoms with Crippen LogP contribution in [0.2, 0.25) is 0 Å². The number of carbonyl (C=O) groups excluding carboxylic acids is 7. The Bertz CT molecular complexity index is 1670. The van der Waals surface area contributed by atoms with E-state index in [1.54, 1.807) is 44.4 Å². The number of likely N-dealkylation sites (N-methyl/N-ethyl adjacent to an activating group) is 1. The van der Waals surface area contributed by atoms with Gasteiger partial charge in [-0.25, -0.2) is 0 Å². The number of allylic oxidation sites excluding steroid dienone is 3. The Kier molecular flexibility index (Phi) is 18.2. The number of Topliss-reactive ketones (excluding diaryl/α,β-unsaturated/α-hetero) is 2. The monoisotopic (exact) mass is 803 g/mol. The number of hydrogen-bond acceptors (Lipinski definition) is 8. The number of ketones is 2. The molecule has 2 fully saturated rings. The first-order chi connectivity index (χ1) is 27.8. The molecule has 5 amide bonds. The van der Waals surface area contributed by atoms with Crippen molar-refractivity contribution in [2.75, 3.05) is 27.2 Å². The SMILES string of the molecule is CCCOC1=CCCC(CCC(=O)NC(C(=O)C2C[C@H](C)C[C@H]2C(=O)NC(CCC)C(=O)C(=O)NCC(=O)N[C@H](C(=O)N(C)C)c2ccccc2)C2CCCCC2)=C1. The highest BCUT2D eigenvalue weighted by Crippen LogP contribution is 2.40. The fraction of sp³-hybridized carbons (Fsp3) is 0.622. The van der Waals surface area contributed by atoms with E-state index in [-0.39, 0.29) is 42.3 Å². The first kappa shape index (κ1) is 45.9. The molecule has 4 N–H and O–H groups in total. The van der Waals surface area contributed by atoms with E-state index in [1.165, 1.54) is 4.90 Å². The summed E-state index contributed by atoms with van der Waals surface area (Å²) in [6, 6.07) is 5.82. The van der Waals surface area contributed by atoms with E-state index in [9.17, 15) is 33.6 Å².